The van der Waals surface area contributed by atoms with Crippen molar-refractivity contribution in [3.05, 3.63) is 87.6 Å². The zero-order valence-corrected chi connectivity index (χ0v) is 15.0. The molecule has 4 aromatic rings. The summed E-state index contributed by atoms with van der Waals surface area (Å²) in [7, 11) is 1.77. The number of fused-ring (bicyclic) bond motifs is 1. The molecule has 1 atom stereocenters. The van der Waals surface area contributed by atoms with Gasteiger partial charge in [0.1, 0.15) is 23.2 Å². The summed E-state index contributed by atoms with van der Waals surface area (Å²) < 4.78 is 16.8. The van der Waals surface area contributed by atoms with Crippen molar-refractivity contribution >= 4 is 22.2 Å². The van der Waals surface area contributed by atoms with Crippen molar-refractivity contribution in [1.29, 1.82) is 0 Å². The number of imidazole rings is 1. The van der Waals surface area contributed by atoms with E-state index in [4.69, 9.17) is 0 Å². The van der Waals surface area contributed by atoms with E-state index in [-0.39, 0.29) is 5.56 Å². The largest absolute Gasteiger partial charge is 0.338 e. The van der Waals surface area contributed by atoms with E-state index in [0.29, 0.717) is 16.3 Å². The average Bonchev–Trinajstić information content (AvgIpc) is 3.29. The molecule has 0 saturated carbocycles. The van der Waals surface area contributed by atoms with Crippen LogP contribution in [0.2, 0.25) is 0 Å². The Morgan fingerprint density at radius 3 is 2.89 bits per heavy atom. The van der Waals surface area contributed by atoms with Crippen LogP contribution in [0.5, 0.6) is 0 Å². The first-order chi connectivity index (χ1) is 13.0. The van der Waals surface area contributed by atoms with Gasteiger partial charge in [0.05, 0.1) is 0 Å². The Hall–Kier alpha value is -3.33. The molecule has 3 heterocycles. The average molecular weight is 383 g/mol. The standard InChI is InChI=1S/C18H14FN5O2S/c1-23-6-5-20-15(23)14(11-3-2-4-12(19)9-11)22-16(25)13-10-21-18-24(17(13)26)7-8-27-18/h2-10,14H,1H3,(H,22,25)/t14-/m1/s1. The molecule has 0 radical (unpaired) electrons. The van der Waals surface area contributed by atoms with Gasteiger partial charge in [-0.3, -0.25) is 14.0 Å². The minimum absolute atomic E-state index is 0.0958. The van der Waals surface area contributed by atoms with Crippen LogP contribution in [0.1, 0.15) is 27.8 Å². The molecule has 9 heteroatoms. The maximum atomic E-state index is 13.7. The summed E-state index contributed by atoms with van der Waals surface area (Å²) in [5.74, 6) is -0.522. The normalized spacial score (nSPS) is 12.2. The predicted octanol–water partition coefficient (Wildman–Crippen LogP) is 2.15. The lowest BCUT2D eigenvalue weighted by Gasteiger charge is -2.19. The van der Waals surface area contributed by atoms with Crippen LogP contribution < -0.4 is 10.9 Å². The number of thiazole rings is 1. The molecular weight excluding hydrogens is 369 g/mol. The number of halogens is 1. The smallest absolute Gasteiger partial charge is 0.271 e. The Morgan fingerprint density at radius 2 is 2.15 bits per heavy atom. The van der Waals surface area contributed by atoms with Crippen LogP contribution in [-0.2, 0) is 7.05 Å². The van der Waals surface area contributed by atoms with Crippen LogP contribution in [0.15, 0.2) is 59.2 Å². The third-order valence-electron chi connectivity index (χ3n) is 4.16. The van der Waals surface area contributed by atoms with Crippen LogP contribution in [0.3, 0.4) is 0 Å². The Balaban J connectivity index is 1.75. The second-order valence-corrected chi connectivity index (χ2v) is 6.76. The highest BCUT2D eigenvalue weighted by Crippen LogP contribution is 2.21. The first-order valence-corrected chi connectivity index (χ1v) is 8.91. The zero-order valence-electron chi connectivity index (χ0n) is 14.2. The van der Waals surface area contributed by atoms with Gasteiger partial charge in [0.2, 0.25) is 0 Å². The summed E-state index contributed by atoms with van der Waals surface area (Å²) >= 11 is 1.30. The number of aryl methyl sites for hydroxylation is 1. The van der Waals surface area contributed by atoms with E-state index in [1.165, 1.54) is 34.1 Å². The fourth-order valence-corrected chi connectivity index (χ4v) is 3.50. The van der Waals surface area contributed by atoms with E-state index >= 15 is 0 Å². The van der Waals surface area contributed by atoms with Crippen LogP contribution in [-0.4, -0.2) is 24.8 Å². The van der Waals surface area contributed by atoms with Gasteiger partial charge in [-0.1, -0.05) is 12.1 Å². The summed E-state index contributed by atoms with van der Waals surface area (Å²) in [6.07, 6.45) is 6.13. The molecule has 0 spiro atoms. The molecule has 0 unspecified atom stereocenters. The van der Waals surface area contributed by atoms with Gasteiger partial charge in [-0.15, -0.1) is 11.3 Å². The molecule has 1 amide bonds. The van der Waals surface area contributed by atoms with Crippen molar-refractivity contribution in [2.75, 3.05) is 0 Å². The summed E-state index contributed by atoms with van der Waals surface area (Å²) in [6, 6.07) is 5.17. The molecule has 0 aliphatic carbocycles. The van der Waals surface area contributed by atoms with E-state index in [1.807, 2.05) is 0 Å². The first kappa shape index (κ1) is 17.1. The van der Waals surface area contributed by atoms with Gasteiger partial charge in [-0.05, 0) is 17.7 Å². The number of amides is 1. The molecule has 1 aromatic carbocycles. The molecule has 0 aliphatic heterocycles. The lowest BCUT2D eigenvalue weighted by atomic mass is 10.1. The molecule has 136 valence electrons. The number of nitrogens with zero attached hydrogens (tertiary/aromatic N) is 4. The van der Waals surface area contributed by atoms with Crippen LogP contribution in [0.4, 0.5) is 4.39 Å². The van der Waals surface area contributed by atoms with Crippen molar-refractivity contribution in [1.82, 2.24) is 24.3 Å². The second kappa shape index (κ2) is 6.76. The van der Waals surface area contributed by atoms with Crippen LogP contribution in [0, 0.1) is 5.82 Å². The van der Waals surface area contributed by atoms with Gasteiger partial charge in [0.25, 0.3) is 11.5 Å². The summed E-state index contributed by atoms with van der Waals surface area (Å²) in [5.41, 5.74) is -0.0413. The quantitative estimate of drug-likeness (QED) is 0.586. The van der Waals surface area contributed by atoms with Crippen molar-refractivity contribution < 1.29 is 9.18 Å². The number of benzene rings is 1. The van der Waals surface area contributed by atoms with Crippen molar-refractivity contribution in [3.63, 3.8) is 0 Å². The fraction of sp³-hybridized carbons (Fsp3) is 0.111. The molecule has 0 aliphatic rings. The number of carbonyl (C=O) groups is 1. The number of rotatable bonds is 4. The maximum absolute atomic E-state index is 13.7. The van der Waals surface area contributed by atoms with E-state index in [9.17, 15) is 14.0 Å². The van der Waals surface area contributed by atoms with E-state index < -0.39 is 23.3 Å². The molecule has 27 heavy (non-hydrogen) atoms. The van der Waals surface area contributed by atoms with Gasteiger partial charge in [0, 0.05) is 37.2 Å². The number of carbonyl (C=O) groups excluding carboxylic acids is 1. The third kappa shape index (κ3) is 3.13. The molecule has 0 bridgehead atoms. The first-order valence-electron chi connectivity index (χ1n) is 8.03. The van der Waals surface area contributed by atoms with Gasteiger partial charge < -0.3 is 9.88 Å². The minimum atomic E-state index is -0.726. The monoisotopic (exact) mass is 383 g/mol. The molecule has 0 saturated heterocycles. The van der Waals surface area contributed by atoms with Crippen LogP contribution in [0.25, 0.3) is 4.96 Å². The molecule has 1 N–H and O–H groups in total. The Morgan fingerprint density at radius 1 is 1.30 bits per heavy atom. The molecule has 0 fully saturated rings. The lowest BCUT2D eigenvalue weighted by Crippen LogP contribution is -2.35. The molecule has 4 rings (SSSR count). The minimum Gasteiger partial charge on any atom is -0.338 e. The highest BCUT2D eigenvalue weighted by atomic mass is 32.1. The topological polar surface area (TPSA) is 81.3 Å². The third-order valence-corrected chi connectivity index (χ3v) is 4.93. The van der Waals surface area contributed by atoms with Gasteiger partial charge in [-0.2, -0.15) is 0 Å². The second-order valence-electron chi connectivity index (χ2n) is 5.89. The molecule has 3 aromatic heterocycles. The predicted molar refractivity (Wildman–Crippen MR) is 98.3 cm³/mol. The van der Waals surface area contributed by atoms with Crippen molar-refractivity contribution in [2.45, 2.75) is 6.04 Å². The van der Waals surface area contributed by atoms with Gasteiger partial charge in [0.15, 0.2) is 4.96 Å². The molecule has 7 nitrogen and oxygen atoms in total. The number of hydrogen-bond donors (Lipinski definition) is 1. The summed E-state index contributed by atoms with van der Waals surface area (Å²) in [4.78, 5) is 34.3. The van der Waals surface area contributed by atoms with E-state index in [0.717, 1.165) is 0 Å². The molecular formula is C18H14FN5O2S. The highest BCUT2D eigenvalue weighted by Gasteiger charge is 2.24. The van der Waals surface area contributed by atoms with Crippen molar-refractivity contribution in [2.24, 2.45) is 7.05 Å². The summed E-state index contributed by atoms with van der Waals surface area (Å²) in [6.45, 7) is 0. The summed E-state index contributed by atoms with van der Waals surface area (Å²) in [5, 5.41) is 4.50. The number of hydrogen-bond acceptors (Lipinski definition) is 5. The SMILES string of the molecule is Cn1ccnc1[C@H](NC(=O)c1cnc2sccn2c1=O)c1cccc(F)c1. The fourth-order valence-electron chi connectivity index (χ4n) is 2.83. The Labute approximate surface area is 156 Å². The lowest BCUT2D eigenvalue weighted by molar-refractivity contribution is 0.0939. The van der Waals surface area contributed by atoms with Gasteiger partial charge >= 0.3 is 0 Å². The van der Waals surface area contributed by atoms with Gasteiger partial charge in [-0.25, -0.2) is 14.4 Å². The van der Waals surface area contributed by atoms with E-state index in [2.05, 4.69) is 15.3 Å². The van der Waals surface area contributed by atoms with Crippen LogP contribution >= 0.6 is 11.3 Å². The van der Waals surface area contributed by atoms with Crippen molar-refractivity contribution in [3.8, 4) is 0 Å². The Bertz CT molecular complexity index is 1200. The highest BCUT2D eigenvalue weighted by molar-refractivity contribution is 7.15. The maximum Gasteiger partial charge on any atom is 0.271 e. The number of aromatic nitrogens is 4. The zero-order chi connectivity index (χ0) is 19.0. The number of nitrogens with one attached hydrogen (secondary N) is 1. The van der Waals surface area contributed by atoms with E-state index in [1.54, 1.807) is 47.7 Å². The Kier molecular flexibility index (Phi) is 4.28.